The van der Waals surface area contributed by atoms with Crippen LogP contribution in [0.2, 0.25) is 0 Å². The molecule has 0 saturated carbocycles. The molecule has 1 aromatic heterocycles. The van der Waals surface area contributed by atoms with Crippen LogP contribution in [0, 0.1) is 0 Å². The Labute approximate surface area is 104 Å². The van der Waals surface area contributed by atoms with Gasteiger partial charge in [-0.1, -0.05) is 41.5 Å². The first kappa shape index (κ1) is 12.5. The van der Waals surface area contributed by atoms with E-state index >= 15 is 0 Å². The maximum absolute atomic E-state index is 4.50. The molecule has 0 amide bonds. The number of rotatable bonds is 0. The molecule has 2 rings (SSSR count). The number of aromatic nitrogens is 2. The second-order valence-corrected chi connectivity index (χ2v) is 6.96. The minimum atomic E-state index is 0.0690. The first-order valence-corrected chi connectivity index (χ1v) is 6.31. The maximum atomic E-state index is 4.50. The van der Waals surface area contributed by atoms with Gasteiger partial charge in [0.15, 0.2) is 0 Å². The largest absolute Gasteiger partial charge is 0.308 e. The lowest BCUT2D eigenvalue weighted by Gasteiger charge is -2.25. The van der Waals surface area contributed by atoms with E-state index in [1.54, 1.807) is 0 Å². The summed E-state index contributed by atoms with van der Waals surface area (Å²) in [4.78, 5) is 0. The van der Waals surface area contributed by atoms with Crippen molar-refractivity contribution in [1.29, 1.82) is 0 Å². The van der Waals surface area contributed by atoms with Crippen LogP contribution in [0.5, 0.6) is 0 Å². The molecular formula is C14H23N3. The van der Waals surface area contributed by atoms with Gasteiger partial charge in [0.25, 0.3) is 0 Å². The van der Waals surface area contributed by atoms with Gasteiger partial charge in [0.05, 0.1) is 11.4 Å². The second-order valence-electron chi connectivity index (χ2n) is 6.96. The highest BCUT2D eigenvalue weighted by molar-refractivity contribution is 5.41. The van der Waals surface area contributed by atoms with Gasteiger partial charge in [-0.15, -0.1) is 0 Å². The molecule has 0 spiro atoms. The Bertz CT molecular complexity index is 395. The van der Waals surface area contributed by atoms with Crippen LogP contribution in [0.4, 0.5) is 0 Å². The molecule has 1 N–H and O–H groups in total. The Morgan fingerprint density at radius 3 is 1.41 bits per heavy atom. The van der Waals surface area contributed by atoms with E-state index in [9.17, 15) is 0 Å². The Morgan fingerprint density at radius 2 is 1.12 bits per heavy atom. The summed E-state index contributed by atoms with van der Waals surface area (Å²) in [6.45, 7) is 15.1. The summed E-state index contributed by atoms with van der Waals surface area (Å²) in [5, 5.41) is 12.4. The summed E-state index contributed by atoms with van der Waals surface area (Å²) in [6.07, 6.45) is 0. The van der Waals surface area contributed by atoms with Crippen molar-refractivity contribution in [2.75, 3.05) is 0 Å². The third-order valence-corrected chi connectivity index (χ3v) is 3.21. The summed E-state index contributed by atoms with van der Waals surface area (Å²) in [6, 6.07) is 0. The van der Waals surface area contributed by atoms with Gasteiger partial charge >= 0.3 is 0 Å². The highest BCUT2D eigenvalue weighted by atomic mass is 15.1. The molecule has 0 radical (unpaired) electrons. The highest BCUT2D eigenvalue weighted by Crippen LogP contribution is 2.33. The van der Waals surface area contributed by atoms with E-state index in [-0.39, 0.29) is 10.8 Å². The fourth-order valence-corrected chi connectivity index (χ4v) is 2.41. The average molecular weight is 233 g/mol. The lowest BCUT2D eigenvalue weighted by molar-refractivity contribution is 0.518. The first-order chi connectivity index (χ1) is 7.71. The summed E-state index contributed by atoms with van der Waals surface area (Å²) < 4.78 is 0. The van der Waals surface area contributed by atoms with Crippen LogP contribution in [0.3, 0.4) is 0 Å². The smallest absolute Gasteiger partial charge is 0.0732 e. The van der Waals surface area contributed by atoms with Crippen LogP contribution >= 0.6 is 0 Å². The third-order valence-electron chi connectivity index (χ3n) is 3.21. The topological polar surface area (TPSA) is 37.8 Å². The van der Waals surface area contributed by atoms with Crippen molar-refractivity contribution in [3.8, 4) is 0 Å². The van der Waals surface area contributed by atoms with Gasteiger partial charge in [0.1, 0.15) is 0 Å². The van der Waals surface area contributed by atoms with E-state index < -0.39 is 0 Å². The third kappa shape index (κ3) is 2.21. The van der Waals surface area contributed by atoms with Crippen LogP contribution in [0.15, 0.2) is 0 Å². The van der Waals surface area contributed by atoms with Crippen molar-refractivity contribution in [2.45, 2.75) is 65.5 Å². The lowest BCUT2D eigenvalue weighted by Crippen LogP contribution is -2.23. The molecule has 1 aliphatic heterocycles. The quantitative estimate of drug-likeness (QED) is 0.748. The Morgan fingerprint density at radius 1 is 0.765 bits per heavy atom. The van der Waals surface area contributed by atoms with Crippen LogP contribution in [-0.4, -0.2) is 10.2 Å². The standard InChI is InChI=1S/C14H23N3/c1-13(2,3)11-9-7-15-8-10(9)12(17-16-11)14(4,5)6/h15H,7-8H2,1-6H3. The van der Waals surface area contributed by atoms with Gasteiger partial charge in [-0.05, 0) is 11.1 Å². The number of hydrogen-bond donors (Lipinski definition) is 1. The van der Waals surface area contributed by atoms with Crippen molar-refractivity contribution in [3.05, 3.63) is 22.5 Å². The van der Waals surface area contributed by atoms with Crippen molar-refractivity contribution < 1.29 is 0 Å². The predicted molar refractivity (Wildman–Crippen MR) is 70.0 cm³/mol. The van der Waals surface area contributed by atoms with Crippen molar-refractivity contribution >= 4 is 0 Å². The average Bonchev–Trinajstić information content (AvgIpc) is 2.60. The molecular weight excluding hydrogens is 210 g/mol. The first-order valence-electron chi connectivity index (χ1n) is 6.31. The molecule has 0 unspecified atom stereocenters. The zero-order valence-corrected chi connectivity index (χ0v) is 11.8. The van der Waals surface area contributed by atoms with Crippen LogP contribution in [0.25, 0.3) is 0 Å². The van der Waals surface area contributed by atoms with E-state index in [0.717, 1.165) is 24.5 Å². The van der Waals surface area contributed by atoms with Gasteiger partial charge in [0.2, 0.25) is 0 Å². The van der Waals surface area contributed by atoms with Gasteiger partial charge in [-0.2, -0.15) is 10.2 Å². The molecule has 2 heterocycles. The molecule has 3 nitrogen and oxygen atoms in total. The SMILES string of the molecule is CC(C)(C)c1nnc(C(C)(C)C)c2c1CNC2. The monoisotopic (exact) mass is 233 g/mol. The minimum absolute atomic E-state index is 0.0690. The zero-order chi connectivity index (χ0) is 12.8. The second kappa shape index (κ2) is 3.77. The Hall–Kier alpha value is -0.960. The molecule has 0 fully saturated rings. The number of nitrogens with one attached hydrogen (secondary N) is 1. The molecule has 94 valence electrons. The van der Waals surface area contributed by atoms with Gasteiger partial charge in [-0.25, -0.2) is 0 Å². The number of fused-ring (bicyclic) bond motifs is 1. The zero-order valence-electron chi connectivity index (χ0n) is 11.8. The van der Waals surface area contributed by atoms with E-state index in [1.807, 2.05) is 0 Å². The molecule has 1 aromatic rings. The number of hydrogen-bond acceptors (Lipinski definition) is 3. The number of nitrogens with zero attached hydrogens (tertiary/aromatic N) is 2. The van der Waals surface area contributed by atoms with Gasteiger partial charge in [-0.3, -0.25) is 0 Å². The van der Waals surface area contributed by atoms with E-state index in [0.29, 0.717) is 0 Å². The minimum Gasteiger partial charge on any atom is -0.308 e. The van der Waals surface area contributed by atoms with Crippen LogP contribution in [-0.2, 0) is 23.9 Å². The normalized spacial score (nSPS) is 16.1. The van der Waals surface area contributed by atoms with Gasteiger partial charge < -0.3 is 5.32 Å². The molecule has 0 bridgehead atoms. The molecule has 0 saturated heterocycles. The fraction of sp³-hybridized carbons (Fsp3) is 0.714. The predicted octanol–water partition coefficient (Wildman–Crippen LogP) is 2.67. The molecule has 1 aliphatic rings. The van der Waals surface area contributed by atoms with Gasteiger partial charge in [0, 0.05) is 23.9 Å². The Kier molecular flexibility index (Phi) is 2.77. The summed E-state index contributed by atoms with van der Waals surface area (Å²) >= 11 is 0. The van der Waals surface area contributed by atoms with Crippen LogP contribution < -0.4 is 5.32 Å². The summed E-state index contributed by atoms with van der Waals surface area (Å²) in [7, 11) is 0. The van der Waals surface area contributed by atoms with Crippen molar-refractivity contribution in [3.63, 3.8) is 0 Å². The molecule has 17 heavy (non-hydrogen) atoms. The molecule has 0 aliphatic carbocycles. The summed E-state index contributed by atoms with van der Waals surface area (Å²) in [5.74, 6) is 0. The van der Waals surface area contributed by atoms with E-state index in [4.69, 9.17) is 0 Å². The van der Waals surface area contributed by atoms with Crippen LogP contribution in [0.1, 0.15) is 64.1 Å². The molecule has 0 atom stereocenters. The maximum Gasteiger partial charge on any atom is 0.0732 e. The molecule has 3 heteroatoms. The molecule has 0 aromatic carbocycles. The summed E-state index contributed by atoms with van der Waals surface area (Å²) in [5.41, 5.74) is 5.17. The lowest BCUT2D eigenvalue weighted by atomic mass is 9.83. The fourth-order valence-electron chi connectivity index (χ4n) is 2.41. The highest BCUT2D eigenvalue weighted by Gasteiger charge is 2.30. The van der Waals surface area contributed by atoms with E-state index in [1.165, 1.54) is 11.1 Å². The van der Waals surface area contributed by atoms with Crippen molar-refractivity contribution in [1.82, 2.24) is 15.5 Å². The Balaban J connectivity index is 2.62. The van der Waals surface area contributed by atoms with E-state index in [2.05, 4.69) is 57.1 Å². The van der Waals surface area contributed by atoms with Crippen molar-refractivity contribution in [2.24, 2.45) is 0 Å².